The van der Waals surface area contributed by atoms with Crippen LogP contribution in [0.1, 0.15) is 16.2 Å². The normalized spacial score (nSPS) is 10.8. The number of rotatable bonds is 2. The van der Waals surface area contributed by atoms with E-state index >= 15 is 0 Å². The van der Waals surface area contributed by atoms with Gasteiger partial charge in [0.1, 0.15) is 0 Å². The van der Waals surface area contributed by atoms with Crippen molar-refractivity contribution in [2.24, 2.45) is 0 Å². The minimum Gasteiger partial charge on any atom is -0.477 e. The summed E-state index contributed by atoms with van der Waals surface area (Å²) >= 11 is 0. The van der Waals surface area contributed by atoms with Crippen LogP contribution in [-0.2, 0) is 0 Å². The van der Waals surface area contributed by atoms with Crippen molar-refractivity contribution in [2.45, 2.75) is 6.92 Å². The quantitative estimate of drug-likeness (QED) is 0.761. The third kappa shape index (κ3) is 1.95. The van der Waals surface area contributed by atoms with Crippen LogP contribution < -0.4 is 0 Å². The second-order valence-electron chi connectivity index (χ2n) is 4.25. The number of aromatic nitrogens is 3. The lowest BCUT2D eigenvalue weighted by Gasteiger charge is -2.00. The molecule has 0 unspecified atom stereocenters. The molecular formula is C14H11N3O2. The molecule has 0 amide bonds. The Kier molecular flexibility index (Phi) is 2.52. The van der Waals surface area contributed by atoms with Gasteiger partial charge in [-0.2, -0.15) is 5.10 Å². The Morgan fingerprint density at radius 3 is 2.63 bits per heavy atom. The van der Waals surface area contributed by atoms with Crippen LogP contribution in [0.25, 0.3) is 16.9 Å². The molecule has 0 aliphatic heterocycles. The molecule has 5 heteroatoms. The number of carbonyl (C=O) groups is 1. The van der Waals surface area contributed by atoms with Gasteiger partial charge < -0.3 is 5.11 Å². The molecular weight excluding hydrogens is 242 g/mol. The lowest BCUT2D eigenvalue weighted by molar-refractivity contribution is 0.0687. The van der Waals surface area contributed by atoms with Crippen molar-refractivity contribution in [3.05, 3.63) is 53.9 Å². The summed E-state index contributed by atoms with van der Waals surface area (Å²) in [6, 6.07) is 12.9. The number of hydrogen-bond acceptors (Lipinski definition) is 3. The number of carboxylic acids is 1. The first-order chi connectivity index (χ1) is 9.15. The van der Waals surface area contributed by atoms with Crippen molar-refractivity contribution in [1.29, 1.82) is 0 Å². The first-order valence-corrected chi connectivity index (χ1v) is 5.81. The third-order valence-electron chi connectivity index (χ3n) is 2.84. The molecule has 2 aromatic heterocycles. The van der Waals surface area contributed by atoms with Crippen LogP contribution in [0.2, 0.25) is 0 Å². The second-order valence-corrected chi connectivity index (χ2v) is 4.25. The first-order valence-electron chi connectivity index (χ1n) is 5.81. The standard InChI is InChI=1S/C14H11N3O2/c1-9-7-12(14(18)19)17-13(15-9)8-11(16-17)10-5-3-2-4-6-10/h2-8H,1H3,(H,18,19). The van der Waals surface area contributed by atoms with E-state index in [4.69, 9.17) is 0 Å². The summed E-state index contributed by atoms with van der Waals surface area (Å²) < 4.78 is 1.36. The summed E-state index contributed by atoms with van der Waals surface area (Å²) in [5, 5.41) is 13.5. The van der Waals surface area contributed by atoms with Gasteiger partial charge in [0.15, 0.2) is 11.3 Å². The maximum absolute atomic E-state index is 11.2. The number of aryl methyl sites for hydroxylation is 1. The Bertz CT molecular complexity index is 763. The fourth-order valence-electron chi connectivity index (χ4n) is 2.00. The van der Waals surface area contributed by atoms with Crippen molar-refractivity contribution in [3.8, 4) is 11.3 Å². The summed E-state index contributed by atoms with van der Waals surface area (Å²) in [6.45, 7) is 1.77. The number of benzene rings is 1. The van der Waals surface area contributed by atoms with Crippen LogP contribution in [-0.4, -0.2) is 25.7 Å². The second kappa shape index (κ2) is 4.20. The Labute approximate surface area is 109 Å². The van der Waals surface area contributed by atoms with Crippen molar-refractivity contribution in [3.63, 3.8) is 0 Å². The van der Waals surface area contributed by atoms with Gasteiger partial charge in [-0.1, -0.05) is 30.3 Å². The molecule has 0 spiro atoms. The van der Waals surface area contributed by atoms with E-state index in [0.29, 0.717) is 17.0 Å². The molecule has 1 aromatic carbocycles. The highest BCUT2D eigenvalue weighted by molar-refractivity contribution is 5.86. The number of aromatic carboxylic acids is 1. The van der Waals surface area contributed by atoms with Gasteiger partial charge in [-0.3, -0.25) is 0 Å². The van der Waals surface area contributed by atoms with Crippen molar-refractivity contribution in [1.82, 2.24) is 14.6 Å². The molecule has 0 saturated carbocycles. The molecule has 2 heterocycles. The molecule has 1 N–H and O–H groups in total. The van der Waals surface area contributed by atoms with Crippen LogP contribution in [0.5, 0.6) is 0 Å². The van der Waals surface area contributed by atoms with E-state index in [9.17, 15) is 9.90 Å². The largest absolute Gasteiger partial charge is 0.477 e. The number of hydrogen-bond donors (Lipinski definition) is 1. The van der Waals surface area contributed by atoms with E-state index < -0.39 is 5.97 Å². The highest BCUT2D eigenvalue weighted by Gasteiger charge is 2.13. The van der Waals surface area contributed by atoms with Crippen LogP contribution in [0.4, 0.5) is 0 Å². The van der Waals surface area contributed by atoms with Crippen molar-refractivity contribution in [2.75, 3.05) is 0 Å². The molecule has 0 radical (unpaired) electrons. The third-order valence-corrected chi connectivity index (χ3v) is 2.84. The van der Waals surface area contributed by atoms with E-state index in [1.54, 1.807) is 13.0 Å². The predicted octanol–water partition coefficient (Wildman–Crippen LogP) is 2.40. The van der Waals surface area contributed by atoms with E-state index in [-0.39, 0.29) is 5.69 Å². The van der Waals surface area contributed by atoms with Gasteiger partial charge in [-0.05, 0) is 13.0 Å². The minimum absolute atomic E-state index is 0.115. The lowest BCUT2D eigenvalue weighted by Crippen LogP contribution is -2.08. The zero-order valence-corrected chi connectivity index (χ0v) is 10.2. The maximum atomic E-state index is 11.2. The summed E-state index contributed by atoms with van der Waals surface area (Å²) in [5.41, 5.74) is 2.95. The Hall–Kier alpha value is -2.69. The summed E-state index contributed by atoms with van der Waals surface area (Å²) in [5.74, 6) is -1.02. The summed E-state index contributed by atoms with van der Waals surface area (Å²) in [7, 11) is 0. The van der Waals surface area contributed by atoms with Gasteiger partial charge in [0.2, 0.25) is 0 Å². The topological polar surface area (TPSA) is 67.5 Å². The molecule has 94 valence electrons. The van der Waals surface area contributed by atoms with E-state index in [2.05, 4.69) is 10.1 Å². The van der Waals surface area contributed by atoms with E-state index in [1.807, 2.05) is 30.3 Å². The molecule has 0 bridgehead atoms. The van der Waals surface area contributed by atoms with Crippen LogP contribution >= 0.6 is 0 Å². The highest BCUT2D eigenvalue weighted by Crippen LogP contribution is 2.19. The molecule has 3 aromatic rings. The smallest absolute Gasteiger partial charge is 0.354 e. The molecule has 5 nitrogen and oxygen atoms in total. The van der Waals surface area contributed by atoms with Crippen molar-refractivity contribution >= 4 is 11.6 Å². The number of carboxylic acid groups (broad SMARTS) is 1. The summed E-state index contributed by atoms with van der Waals surface area (Å²) in [6.07, 6.45) is 0. The molecule has 0 aliphatic carbocycles. The fraction of sp³-hybridized carbons (Fsp3) is 0.0714. The SMILES string of the molecule is Cc1cc(C(=O)O)n2nc(-c3ccccc3)cc2n1. The maximum Gasteiger partial charge on any atom is 0.354 e. The van der Waals surface area contributed by atoms with E-state index in [1.165, 1.54) is 10.6 Å². The van der Waals surface area contributed by atoms with Gasteiger partial charge in [-0.25, -0.2) is 14.3 Å². The molecule has 0 fully saturated rings. The Morgan fingerprint density at radius 1 is 1.21 bits per heavy atom. The Morgan fingerprint density at radius 2 is 1.95 bits per heavy atom. The molecule has 3 rings (SSSR count). The zero-order chi connectivity index (χ0) is 13.4. The molecule has 19 heavy (non-hydrogen) atoms. The fourth-order valence-corrected chi connectivity index (χ4v) is 2.00. The van der Waals surface area contributed by atoms with Crippen LogP contribution in [0.15, 0.2) is 42.5 Å². The monoisotopic (exact) mass is 253 g/mol. The van der Waals surface area contributed by atoms with Gasteiger partial charge in [0.25, 0.3) is 0 Å². The highest BCUT2D eigenvalue weighted by atomic mass is 16.4. The van der Waals surface area contributed by atoms with Crippen LogP contribution in [0.3, 0.4) is 0 Å². The average Bonchev–Trinajstić information content (AvgIpc) is 2.82. The molecule has 0 aliphatic rings. The van der Waals surface area contributed by atoms with Gasteiger partial charge in [0, 0.05) is 17.3 Å². The minimum atomic E-state index is -1.02. The number of nitrogens with zero attached hydrogens (tertiary/aromatic N) is 3. The lowest BCUT2D eigenvalue weighted by atomic mass is 10.2. The molecule has 0 atom stereocenters. The van der Waals surface area contributed by atoms with Gasteiger partial charge in [0.05, 0.1) is 5.69 Å². The molecule has 0 saturated heterocycles. The van der Waals surface area contributed by atoms with Crippen LogP contribution in [0, 0.1) is 6.92 Å². The van der Waals surface area contributed by atoms with Crippen molar-refractivity contribution < 1.29 is 9.90 Å². The predicted molar refractivity (Wildman–Crippen MR) is 70.1 cm³/mol. The van der Waals surface area contributed by atoms with Gasteiger partial charge in [-0.15, -0.1) is 0 Å². The zero-order valence-electron chi connectivity index (χ0n) is 10.2. The number of fused-ring (bicyclic) bond motifs is 1. The first kappa shape index (κ1) is 11.4. The Balaban J connectivity index is 2.26. The average molecular weight is 253 g/mol. The summed E-state index contributed by atoms with van der Waals surface area (Å²) in [4.78, 5) is 15.5. The van der Waals surface area contributed by atoms with E-state index in [0.717, 1.165) is 5.56 Å². The van der Waals surface area contributed by atoms with Gasteiger partial charge >= 0.3 is 5.97 Å².